The SMILES string of the molecule is c1cc(-c2ccc(Cn3ccnc3)cc2)cc(-c2ccn[nH]2)c1. The Morgan fingerprint density at radius 2 is 1.74 bits per heavy atom. The third kappa shape index (κ3) is 2.92. The summed E-state index contributed by atoms with van der Waals surface area (Å²) >= 11 is 0. The largest absolute Gasteiger partial charge is 0.333 e. The molecule has 2 aromatic heterocycles. The van der Waals surface area contributed by atoms with Gasteiger partial charge in [-0.2, -0.15) is 5.10 Å². The third-order valence-corrected chi connectivity index (χ3v) is 3.89. The molecule has 0 fully saturated rings. The van der Waals surface area contributed by atoms with Crippen LogP contribution in [0.3, 0.4) is 0 Å². The van der Waals surface area contributed by atoms with Crippen molar-refractivity contribution in [2.75, 3.05) is 0 Å². The van der Waals surface area contributed by atoms with Gasteiger partial charge in [-0.05, 0) is 28.8 Å². The zero-order chi connectivity index (χ0) is 15.5. The van der Waals surface area contributed by atoms with Crippen LogP contribution in [0.25, 0.3) is 22.4 Å². The van der Waals surface area contributed by atoms with E-state index in [1.807, 2.05) is 18.6 Å². The molecule has 0 aliphatic heterocycles. The van der Waals surface area contributed by atoms with Gasteiger partial charge in [0, 0.05) is 30.7 Å². The molecule has 4 nitrogen and oxygen atoms in total. The molecule has 112 valence electrons. The van der Waals surface area contributed by atoms with Gasteiger partial charge in [0.2, 0.25) is 0 Å². The summed E-state index contributed by atoms with van der Waals surface area (Å²) in [6.07, 6.45) is 7.38. The maximum atomic E-state index is 4.07. The van der Waals surface area contributed by atoms with Crippen LogP contribution in [0.2, 0.25) is 0 Å². The van der Waals surface area contributed by atoms with E-state index in [4.69, 9.17) is 0 Å². The molecule has 0 saturated carbocycles. The second kappa shape index (κ2) is 5.93. The Hall–Kier alpha value is -3.14. The van der Waals surface area contributed by atoms with Gasteiger partial charge in [-0.15, -0.1) is 0 Å². The third-order valence-electron chi connectivity index (χ3n) is 3.89. The first kappa shape index (κ1) is 13.5. The lowest BCUT2D eigenvalue weighted by Crippen LogP contribution is -1.95. The number of benzene rings is 2. The second-order valence-electron chi connectivity index (χ2n) is 5.48. The number of nitrogens with one attached hydrogen (secondary N) is 1. The number of hydrogen-bond donors (Lipinski definition) is 1. The van der Waals surface area contributed by atoms with Crippen molar-refractivity contribution in [1.29, 1.82) is 0 Å². The number of hydrogen-bond acceptors (Lipinski definition) is 2. The molecule has 0 aliphatic rings. The van der Waals surface area contributed by atoms with Crippen LogP contribution in [0.4, 0.5) is 0 Å². The van der Waals surface area contributed by atoms with Crippen LogP contribution in [-0.4, -0.2) is 19.7 Å². The normalized spacial score (nSPS) is 10.8. The first-order valence-corrected chi connectivity index (χ1v) is 7.53. The Morgan fingerprint density at radius 3 is 2.48 bits per heavy atom. The van der Waals surface area contributed by atoms with E-state index in [1.165, 1.54) is 16.7 Å². The quantitative estimate of drug-likeness (QED) is 0.619. The van der Waals surface area contributed by atoms with Crippen LogP contribution in [0.1, 0.15) is 5.56 Å². The second-order valence-corrected chi connectivity index (χ2v) is 5.48. The summed E-state index contributed by atoms with van der Waals surface area (Å²) in [5, 5.41) is 7.02. The summed E-state index contributed by atoms with van der Waals surface area (Å²) in [6.45, 7) is 0.842. The average Bonchev–Trinajstić information content (AvgIpc) is 3.29. The van der Waals surface area contributed by atoms with Crippen molar-refractivity contribution < 1.29 is 0 Å². The van der Waals surface area contributed by atoms with Gasteiger partial charge in [-0.1, -0.05) is 42.5 Å². The number of nitrogens with zero attached hydrogens (tertiary/aromatic N) is 3. The van der Waals surface area contributed by atoms with E-state index in [1.54, 1.807) is 12.4 Å². The highest BCUT2D eigenvalue weighted by atomic mass is 15.1. The highest BCUT2D eigenvalue weighted by molar-refractivity contribution is 5.71. The van der Waals surface area contributed by atoms with E-state index in [-0.39, 0.29) is 0 Å². The van der Waals surface area contributed by atoms with Crippen LogP contribution in [0.5, 0.6) is 0 Å². The molecular formula is C19H16N4. The first-order valence-electron chi connectivity index (χ1n) is 7.53. The van der Waals surface area contributed by atoms with Crippen molar-refractivity contribution in [3.8, 4) is 22.4 Å². The fourth-order valence-electron chi connectivity index (χ4n) is 2.68. The van der Waals surface area contributed by atoms with Gasteiger partial charge >= 0.3 is 0 Å². The summed E-state index contributed by atoms with van der Waals surface area (Å²) in [4.78, 5) is 4.07. The molecule has 0 atom stereocenters. The molecule has 2 aromatic carbocycles. The van der Waals surface area contributed by atoms with Gasteiger partial charge in [-0.25, -0.2) is 4.98 Å². The molecule has 0 aliphatic carbocycles. The van der Waals surface area contributed by atoms with Crippen LogP contribution in [-0.2, 0) is 6.54 Å². The van der Waals surface area contributed by atoms with Crippen molar-refractivity contribution in [2.45, 2.75) is 6.54 Å². The lowest BCUT2D eigenvalue weighted by atomic mass is 10.0. The molecule has 2 heterocycles. The summed E-state index contributed by atoms with van der Waals surface area (Å²) in [5.41, 5.74) is 5.84. The van der Waals surface area contributed by atoms with Gasteiger partial charge < -0.3 is 4.57 Å². The van der Waals surface area contributed by atoms with Gasteiger partial charge in [-0.3, -0.25) is 5.10 Å². The van der Waals surface area contributed by atoms with Crippen LogP contribution in [0.15, 0.2) is 79.5 Å². The number of rotatable bonds is 4. The highest BCUT2D eigenvalue weighted by Crippen LogP contribution is 2.25. The molecule has 23 heavy (non-hydrogen) atoms. The van der Waals surface area contributed by atoms with Crippen molar-refractivity contribution >= 4 is 0 Å². The average molecular weight is 300 g/mol. The Balaban J connectivity index is 1.59. The maximum absolute atomic E-state index is 4.07. The molecule has 1 N–H and O–H groups in total. The maximum Gasteiger partial charge on any atom is 0.0949 e. The van der Waals surface area contributed by atoms with E-state index >= 15 is 0 Å². The fourth-order valence-corrected chi connectivity index (χ4v) is 2.68. The van der Waals surface area contributed by atoms with Gasteiger partial charge in [0.05, 0.1) is 12.0 Å². The van der Waals surface area contributed by atoms with Gasteiger partial charge in [0.25, 0.3) is 0 Å². The summed E-state index contributed by atoms with van der Waals surface area (Å²) < 4.78 is 2.06. The number of imidazole rings is 1. The van der Waals surface area contributed by atoms with Crippen molar-refractivity contribution in [3.63, 3.8) is 0 Å². The van der Waals surface area contributed by atoms with Crippen LogP contribution < -0.4 is 0 Å². The Morgan fingerprint density at radius 1 is 0.870 bits per heavy atom. The van der Waals surface area contributed by atoms with Crippen molar-refractivity contribution in [3.05, 3.63) is 85.1 Å². The van der Waals surface area contributed by atoms with E-state index < -0.39 is 0 Å². The minimum absolute atomic E-state index is 0.842. The smallest absolute Gasteiger partial charge is 0.0949 e. The molecule has 0 amide bonds. The minimum atomic E-state index is 0.842. The molecule has 4 aromatic rings. The predicted octanol–water partition coefficient (Wildman–Crippen LogP) is 3.99. The van der Waals surface area contributed by atoms with Gasteiger partial charge in [0.1, 0.15) is 0 Å². The number of aromatic amines is 1. The fraction of sp³-hybridized carbons (Fsp3) is 0.0526. The zero-order valence-corrected chi connectivity index (χ0v) is 12.6. The Labute approximate surface area is 134 Å². The van der Waals surface area contributed by atoms with E-state index in [2.05, 4.69) is 68.3 Å². The first-order chi connectivity index (χ1) is 11.4. The Kier molecular flexibility index (Phi) is 3.48. The molecule has 0 radical (unpaired) electrons. The van der Waals surface area contributed by atoms with E-state index in [9.17, 15) is 0 Å². The summed E-state index contributed by atoms with van der Waals surface area (Å²) in [7, 11) is 0. The number of H-pyrrole nitrogens is 1. The molecule has 4 heteroatoms. The minimum Gasteiger partial charge on any atom is -0.333 e. The summed E-state index contributed by atoms with van der Waals surface area (Å²) in [6, 6.07) is 19.1. The van der Waals surface area contributed by atoms with Gasteiger partial charge in [0.15, 0.2) is 0 Å². The Bertz CT molecular complexity index is 876. The molecule has 0 bridgehead atoms. The van der Waals surface area contributed by atoms with Crippen LogP contribution >= 0.6 is 0 Å². The molecule has 0 spiro atoms. The lowest BCUT2D eigenvalue weighted by Gasteiger charge is -2.07. The molecule has 0 unspecified atom stereocenters. The van der Waals surface area contributed by atoms with Crippen molar-refractivity contribution in [2.24, 2.45) is 0 Å². The molecule has 0 saturated heterocycles. The predicted molar refractivity (Wildman–Crippen MR) is 90.8 cm³/mol. The van der Waals surface area contributed by atoms with E-state index in [0.29, 0.717) is 0 Å². The van der Waals surface area contributed by atoms with Crippen LogP contribution in [0, 0.1) is 0 Å². The lowest BCUT2D eigenvalue weighted by molar-refractivity contribution is 0.797. The van der Waals surface area contributed by atoms with Crippen molar-refractivity contribution in [1.82, 2.24) is 19.7 Å². The molecular weight excluding hydrogens is 284 g/mol. The molecule has 4 rings (SSSR count). The topological polar surface area (TPSA) is 46.5 Å². The zero-order valence-electron chi connectivity index (χ0n) is 12.6. The highest BCUT2D eigenvalue weighted by Gasteiger charge is 2.03. The number of aromatic nitrogens is 4. The standard InChI is InChI=1S/C19H16N4/c1-2-17(12-18(3-1)19-8-9-21-22-19)16-6-4-15(5-7-16)13-23-11-10-20-14-23/h1-12,14H,13H2,(H,21,22). The summed E-state index contributed by atoms with van der Waals surface area (Å²) in [5.74, 6) is 0. The monoisotopic (exact) mass is 300 g/mol. The van der Waals surface area contributed by atoms with E-state index in [0.717, 1.165) is 17.8 Å².